The molecule has 0 aliphatic heterocycles. The number of alkyl halides is 3. The molecule has 1 amide bonds. The molecule has 0 fully saturated rings. The van der Waals surface area contributed by atoms with Gasteiger partial charge in [-0.15, -0.1) is 0 Å². The molecule has 0 radical (unpaired) electrons. The maximum Gasteiger partial charge on any atom is 0.422 e. The summed E-state index contributed by atoms with van der Waals surface area (Å²) in [6.07, 6.45) is -4.53. The van der Waals surface area contributed by atoms with E-state index in [1.807, 2.05) is 0 Å². The molecule has 2 aromatic carbocycles. The second kappa shape index (κ2) is 7.29. The molecule has 0 saturated carbocycles. The molecule has 3 aromatic rings. The van der Waals surface area contributed by atoms with E-state index in [4.69, 9.17) is 10.5 Å². The summed E-state index contributed by atoms with van der Waals surface area (Å²) in [4.78, 5) is 15.3. The smallest absolute Gasteiger partial charge is 0.422 e. The number of nitrogens with two attached hydrogens (primary N) is 1. The van der Waals surface area contributed by atoms with E-state index in [2.05, 4.69) is 10.1 Å². The fourth-order valence-corrected chi connectivity index (χ4v) is 2.57. The number of carbonyl (C=O) groups excluding carboxylic acids is 1. The fraction of sp³-hybridized carbons (Fsp3) is 0.167. The van der Waals surface area contributed by atoms with Crippen molar-refractivity contribution in [1.82, 2.24) is 14.8 Å². The predicted octanol–water partition coefficient (Wildman–Crippen LogP) is 3.33. The third-order valence-electron chi connectivity index (χ3n) is 3.78. The van der Waals surface area contributed by atoms with Gasteiger partial charge in [0.25, 0.3) is 5.91 Å². The van der Waals surface area contributed by atoms with Gasteiger partial charge in [0.05, 0.1) is 0 Å². The van der Waals surface area contributed by atoms with Gasteiger partial charge in [0, 0.05) is 23.7 Å². The van der Waals surface area contributed by atoms with Crippen LogP contribution in [-0.2, 0) is 7.05 Å². The monoisotopic (exact) mass is 394 g/mol. The maximum atomic E-state index is 14.4. The number of aromatic nitrogens is 3. The van der Waals surface area contributed by atoms with E-state index in [0.29, 0.717) is 5.56 Å². The number of carbonyl (C=O) groups is 1. The molecule has 2 N–H and O–H groups in total. The highest BCUT2D eigenvalue weighted by Gasteiger charge is 2.29. The number of benzene rings is 2. The number of rotatable bonds is 5. The SMILES string of the molecule is Cn1nc(-c2ccc(F)c(-c3ccccc3OCC(F)(F)F)c2)nc1C(N)=O. The lowest BCUT2D eigenvalue weighted by molar-refractivity contribution is -0.153. The number of hydrogen-bond acceptors (Lipinski definition) is 4. The Hall–Kier alpha value is -3.43. The van der Waals surface area contributed by atoms with Gasteiger partial charge in [0.1, 0.15) is 11.6 Å². The number of halogens is 4. The van der Waals surface area contributed by atoms with Crippen LogP contribution in [0, 0.1) is 5.82 Å². The lowest BCUT2D eigenvalue weighted by Crippen LogP contribution is -2.19. The first-order valence-corrected chi connectivity index (χ1v) is 7.95. The van der Waals surface area contributed by atoms with Crippen molar-refractivity contribution in [2.75, 3.05) is 6.61 Å². The van der Waals surface area contributed by atoms with Crippen molar-refractivity contribution < 1.29 is 27.1 Å². The second-order valence-corrected chi connectivity index (χ2v) is 5.84. The number of ether oxygens (including phenoxy) is 1. The summed E-state index contributed by atoms with van der Waals surface area (Å²) >= 11 is 0. The van der Waals surface area contributed by atoms with Crippen molar-refractivity contribution >= 4 is 5.91 Å². The average Bonchev–Trinajstić information content (AvgIpc) is 3.02. The molecule has 0 saturated heterocycles. The zero-order valence-corrected chi connectivity index (χ0v) is 14.5. The summed E-state index contributed by atoms with van der Waals surface area (Å²) < 4.78 is 57.9. The lowest BCUT2D eigenvalue weighted by Gasteiger charge is -2.14. The molecule has 146 valence electrons. The van der Waals surface area contributed by atoms with Crippen molar-refractivity contribution in [3.05, 3.63) is 54.1 Å². The maximum absolute atomic E-state index is 14.4. The Morgan fingerprint density at radius 3 is 2.54 bits per heavy atom. The average molecular weight is 394 g/mol. The Morgan fingerprint density at radius 2 is 1.89 bits per heavy atom. The molecule has 6 nitrogen and oxygen atoms in total. The van der Waals surface area contributed by atoms with Crippen LogP contribution >= 0.6 is 0 Å². The van der Waals surface area contributed by atoms with Crippen LogP contribution in [0.25, 0.3) is 22.5 Å². The largest absolute Gasteiger partial charge is 0.483 e. The van der Waals surface area contributed by atoms with Crippen molar-refractivity contribution in [2.45, 2.75) is 6.18 Å². The molecule has 3 rings (SSSR count). The van der Waals surface area contributed by atoms with Crippen LogP contribution in [0.5, 0.6) is 5.75 Å². The Kier molecular flexibility index (Phi) is 5.04. The van der Waals surface area contributed by atoms with Gasteiger partial charge in [-0.2, -0.15) is 18.3 Å². The highest BCUT2D eigenvalue weighted by molar-refractivity contribution is 5.89. The van der Waals surface area contributed by atoms with E-state index >= 15 is 0 Å². The van der Waals surface area contributed by atoms with E-state index in [9.17, 15) is 22.4 Å². The van der Waals surface area contributed by atoms with Crippen LogP contribution in [0.3, 0.4) is 0 Å². The zero-order chi connectivity index (χ0) is 20.5. The molecule has 10 heteroatoms. The van der Waals surface area contributed by atoms with E-state index in [1.165, 1.54) is 42.1 Å². The van der Waals surface area contributed by atoms with Gasteiger partial charge >= 0.3 is 6.18 Å². The van der Waals surface area contributed by atoms with Crippen molar-refractivity contribution in [3.63, 3.8) is 0 Å². The predicted molar refractivity (Wildman–Crippen MR) is 91.9 cm³/mol. The third kappa shape index (κ3) is 4.11. The van der Waals surface area contributed by atoms with E-state index < -0.39 is 24.5 Å². The zero-order valence-electron chi connectivity index (χ0n) is 14.5. The molecule has 0 spiro atoms. The highest BCUT2D eigenvalue weighted by Crippen LogP contribution is 2.34. The number of para-hydroxylation sites is 1. The van der Waals surface area contributed by atoms with Gasteiger partial charge in [-0.1, -0.05) is 18.2 Å². The minimum atomic E-state index is -4.53. The molecule has 1 aromatic heterocycles. The molecule has 0 aliphatic carbocycles. The quantitative estimate of drug-likeness (QED) is 0.673. The Balaban J connectivity index is 2.04. The number of hydrogen-bond donors (Lipinski definition) is 1. The first-order chi connectivity index (χ1) is 13.2. The van der Waals surface area contributed by atoms with E-state index in [-0.39, 0.29) is 28.5 Å². The van der Waals surface area contributed by atoms with E-state index in [0.717, 1.165) is 6.07 Å². The second-order valence-electron chi connectivity index (χ2n) is 5.84. The number of aryl methyl sites for hydroxylation is 1. The van der Waals surface area contributed by atoms with Gasteiger partial charge < -0.3 is 10.5 Å². The number of primary amides is 1. The van der Waals surface area contributed by atoms with Crippen LogP contribution < -0.4 is 10.5 Å². The minimum Gasteiger partial charge on any atom is -0.483 e. The molecular weight excluding hydrogens is 380 g/mol. The van der Waals surface area contributed by atoms with Gasteiger partial charge in [0.15, 0.2) is 12.4 Å². The molecule has 0 aliphatic rings. The van der Waals surface area contributed by atoms with Gasteiger partial charge in [0.2, 0.25) is 5.82 Å². The summed E-state index contributed by atoms with van der Waals surface area (Å²) in [5, 5.41) is 4.06. The minimum absolute atomic E-state index is 0.00310. The number of amides is 1. The summed E-state index contributed by atoms with van der Waals surface area (Å²) in [6, 6.07) is 9.67. The first-order valence-electron chi connectivity index (χ1n) is 7.95. The Labute approximate surface area is 156 Å². The third-order valence-corrected chi connectivity index (χ3v) is 3.78. The fourth-order valence-electron chi connectivity index (χ4n) is 2.57. The van der Waals surface area contributed by atoms with Crippen LogP contribution in [0.15, 0.2) is 42.5 Å². The molecule has 0 atom stereocenters. The molecule has 28 heavy (non-hydrogen) atoms. The standard InChI is InChI=1S/C18H14F4N4O2/c1-26-17(15(23)27)24-16(25-26)10-6-7-13(19)12(8-10)11-4-2-3-5-14(11)28-9-18(20,21)22/h2-8H,9H2,1H3,(H2,23,27). The Bertz CT molecular complexity index is 1030. The van der Waals surface area contributed by atoms with Gasteiger partial charge in [-0.05, 0) is 24.3 Å². The normalized spacial score (nSPS) is 11.5. The highest BCUT2D eigenvalue weighted by atomic mass is 19.4. The van der Waals surface area contributed by atoms with Gasteiger partial charge in [-0.3, -0.25) is 4.79 Å². The lowest BCUT2D eigenvalue weighted by atomic mass is 10.0. The summed E-state index contributed by atoms with van der Waals surface area (Å²) in [6.45, 7) is -1.50. The molecule has 1 heterocycles. The van der Waals surface area contributed by atoms with Crippen LogP contribution in [0.1, 0.15) is 10.6 Å². The van der Waals surface area contributed by atoms with Crippen molar-refractivity contribution in [3.8, 4) is 28.3 Å². The first kappa shape index (κ1) is 19.3. The molecular formula is C18H14F4N4O2. The molecule has 0 unspecified atom stereocenters. The topological polar surface area (TPSA) is 83.0 Å². The van der Waals surface area contributed by atoms with Crippen LogP contribution in [0.2, 0.25) is 0 Å². The summed E-state index contributed by atoms with van der Waals surface area (Å²) in [7, 11) is 1.47. The van der Waals surface area contributed by atoms with E-state index in [1.54, 1.807) is 6.07 Å². The van der Waals surface area contributed by atoms with Crippen LogP contribution in [0.4, 0.5) is 17.6 Å². The molecule has 0 bridgehead atoms. The summed E-state index contributed by atoms with van der Waals surface area (Å²) in [5.41, 5.74) is 5.70. The number of nitrogens with zero attached hydrogens (tertiary/aromatic N) is 3. The Morgan fingerprint density at radius 1 is 1.18 bits per heavy atom. The van der Waals surface area contributed by atoms with Crippen molar-refractivity contribution in [1.29, 1.82) is 0 Å². The summed E-state index contributed by atoms with van der Waals surface area (Å²) in [5.74, 6) is -1.55. The van der Waals surface area contributed by atoms with Gasteiger partial charge in [-0.25, -0.2) is 14.1 Å². The van der Waals surface area contributed by atoms with Crippen LogP contribution in [-0.4, -0.2) is 33.5 Å². The van der Waals surface area contributed by atoms with Crippen molar-refractivity contribution in [2.24, 2.45) is 12.8 Å².